The molecular weight excluding hydrogens is 699 g/mol. The van der Waals surface area contributed by atoms with Gasteiger partial charge in [0.15, 0.2) is 0 Å². The van der Waals surface area contributed by atoms with Gasteiger partial charge in [0.1, 0.15) is 0 Å². The van der Waals surface area contributed by atoms with Crippen molar-refractivity contribution in [2.75, 3.05) is 4.90 Å². The summed E-state index contributed by atoms with van der Waals surface area (Å²) in [6, 6.07) is 74.4. The molecule has 3 aliphatic rings. The number of benzene rings is 9. The highest BCUT2D eigenvalue weighted by molar-refractivity contribution is 6.08. The predicted molar refractivity (Wildman–Crippen MR) is 243 cm³/mol. The van der Waals surface area contributed by atoms with Gasteiger partial charge in [0.2, 0.25) is 0 Å². The van der Waals surface area contributed by atoms with Gasteiger partial charge in [0.05, 0.1) is 5.41 Å². The molecule has 12 rings (SSSR count). The molecule has 272 valence electrons. The van der Waals surface area contributed by atoms with E-state index in [2.05, 4.69) is 223 Å². The Morgan fingerprint density at radius 1 is 0.414 bits per heavy atom. The van der Waals surface area contributed by atoms with E-state index in [9.17, 15) is 0 Å². The number of hydrogen-bond acceptors (Lipinski definition) is 1. The molecular formula is C57H39N. The minimum atomic E-state index is -0.346. The second kappa shape index (κ2) is 12.9. The van der Waals surface area contributed by atoms with Crippen LogP contribution in [0.4, 0.5) is 17.1 Å². The second-order valence-electron chi connectivity index (χ2n) is 16.0. The zero-order valence-corrected chi connectivity index (χ0v) is 32.0. The standard InChI is InChI=1S/C57H39N/c1-2-12-38(13-3-1)39-26-30-44(31-27-39)58(45-32-28-40(29-33-45)43-25-24-42-23-22-41-14-4-5-15-47(41)52(42)36-43)46-34-35-51-50-18-8-11-21-55(50)57(56(51)37-46)53-19-9-6-16-48(53)49-17-7-10-20-54(49)57/h1-17,19-37,50H,18H2. The first-order chi connectivity index (χ1) is 28.8. The number of allylic oxidation sites excluding steroid dienone is 4. The SMILES string of the molecule is C1=CCC2C(=C1)C1(c3ccccc3-c3ccccc31)c1cc(N(c3ccc(-c4ccccc4)cc3)c3ccc(-c4ccc5ccc6ccccc6c5c4)cc3)ccc12. The fraction of sp³-hybridized carbons (Fsp3) is 0.0526. The maximum Gasteiger partial charge on any atom is 0.0686 e. The van der Waals surface area contributed by atoms with Crippen LogP contribution in [0.15, 0.2) is 224 Å². The van der Waals surface area contributed by atoms with Gasteiger partial charge in [-0.3, -0.25) is 0 Å². The van der Waals surface area contributed by atoms with E-state index >= 15 is 0 Å². The summed E-state index contributed by atoms with van der Waals surface area (Å²) in [5.74, 6) is 0.338. The van der Waals surface area contributed by atoms with Gasteiger partial charge in [-0.15, -0.1) is 0 Å². The van der Waals surface area contributed by atoms with Crippen LogP contribution in [-0.2, 0) is 5.41 Å². The summed E-state index contributed by atoms with van der Waals surface area (Å²) >= 11 is 0. The summed E-state index contributed by atoms with van der Waals surface area (Å²) < 4.78 is 0. The summed E-state index contributed by atoms with van der Waals surface area (Å²) in [7, 11) is 0. The summed E-state index contributed by atoms with van der Waals surface area (Å²) in [4.78, 5) is 2.45. The van der Waals surface area contributed by atoms with Crippen LogP contribution >= 0.6 is 0 Å². The zero-order chi connectivity index (χ0) is 38.2. The van der Waals surface area contributed by atoms with Crippen LogP contribution < -0.4 is 4.90 Å². The second-order valence-corrected chi connectivity index (χ2v) is 16.0. The van der Waals surface area contributed by atoms with E-state index in [1.54, 1.807) is 0 Å². The predicted octanol–water partition coefficient (Wildman–Crippen LogP) is 15.1. The molecule has 1 unspecified atom stereocenters. The first kappa shape index (κ1) is 33.0. The summed E-state index contributed by atoms with van der Waals surface area (Å²) in [6.07, 6.45) is 8.06. The van der Waals surface area contributed by atoms with Gasteiger partial charge < -0.3 is 4.90 Å². The highest BCUT2D eigenvalue weighted by atomic mass is 15.1. The van der Waals surface area contributed by atoms with Crippen molar-refractivity contribution in [2.45, 2.75) is 17.8 Å². The summed E-state index contributed by atoms with van der Waals surface area (Å²) in [5.41, 5.74) is 17.7. The lowest BCUT2D eigenvalue weighted by atomic mass is 9.69. The molecule has 1 heteroatoms. The monoisotopic (exact) mass is 737 g/mol. The smallest absolute Gasteiger partial charge is 0.0686 e. The Morgan fingerprint density at radius 3 is 1.69 bits per heavy atom. The van der Waals surface area contributed by atoms with Gasteiger partial charge in [-0.25, -0.2) is 0 Å². The molecule has 0 bridgehead atoms. The van der Waals surface area contributed by atoms with Crippen LogP contribution in [0, 0.1) is 0 Å². The van der Waals surface area contributed by atoms with Crippen LogP contribution in [0.5, 0.6) is 0 Å². The fourth-order valence-electron chi connectivity index (χ4n) is 10.5. The lowest BCUT2D eigenvalue weighted by molar-refractivity contribution is 0.708. The van der Waals surface area contributed by atoms with Gasteiger partial charge in [0, 0.05) is 23.0 Å². The molecule has 0 amide bonds. The molecule has 0 saturated heterocycles. The van der Waals surface area contributed by atoms with Crippen molar-refractivity contribution in [1.82, 2.24) is 0 Å². The molecule has 0 saturated carbocycles. The van der Waals surface area contributed by atoms with E-state index in [4.69, 9.17) is 0 Å². The largest absolute Gasteiger partial charge is 0.310 e. The van der Waals surface area contributed by atoms with Crippen molar-refractivity contribution in [3.63, 3.8) is 0 Å². The number of nitrogens with zero attached hydrogens (tertiary/aromatic N) is 1. The maximum atomic E-state index is 2.51. The zero-order valence-electron chi connectivity index (χ0n) is 32.0. The fourth-order valence-corrected chi connectivity index (χ4v) is 10.5. The summed E-state index contributed by atoms with van der Waals surface area (Å²) in [5, 5.41) is 5.10. The maximum absolute atomic E-state index is 2.51. The molecule has 0 heterocycles. The lowest BCUT2D eigenvalue weighted by Gasteiger charge is -2.33. The Labute approximate surface area is 339 Å². The Balaban J connectivity index is 1.03. The minimum Gasteiger partial charge on any atom is -0.310 e. The Morgan fingerprint density at radius 2 is 0.966 bits per heavy atom. The third-order valence-corrected chi connectivity index (χ3v) is 13.1. The van der Waals surface area contributed by atoms with E-state index < -0.39 is 0 Å². The normalized spacial score (nSPS) is 15.5. The van der Waals surface area contributed by atoms with Gasteiger partial charge in [-0.2, -0.15) is 0 Å². The molecule has 0 aliphatic heterocycles. The van der Waals surface area contributed by atoms with Gasteiger partial charge >= 0.3 is 0 Å². The molecule has 0 N–H and O–H groups in total. The Kier molecular flexibility index (Phi) is 7.34. The van der Waals surface area contributed by atoms with E-state index in [1.807, 2.05) is 0 Å². The minimum absolute atomic E-state index is 0.338. The Hall–Kier alpha value is -7.22. The van der Waals surface area contributed by atoms with Crippen molar-refractivity contribution >= 4 is 38.6 Å². The van der Waals surface area contributed by atoms with Gasteiger partial charge in [-0.1, -0.05) is 176 Å². The van der Waals surface area contributed by atoms with Crippen LogP contribution in [0.25, 0.3) is 54.9 Å². The highest BCUT2D eigenvalue weighted by Crippen LogP contribution is 2.65. The molecule has 0 aromatic heterocycles. The molecule has 1 atom stereocenters. The van der Waals surface area contributed by atoms with Crippen LogP contribution in [0.2, 0.25) is 0 Å². The van der Waals surface area contributed by atoms with Crippen molar-refractivity contribution in [3.05, 3.63) is 246 Å². The third kappa shape index (κ3) is 4.83. The molecule has 9 aromatic rings. The highest BCUT2D eigenvalue weighted by Gasteiger charge is 2.55. The summed E-state index contributed by atoms with van der Waals surface area (Å²) in [6.45, 7) is 0. The van der Waals surface area contributed by atoms with Crippen molar-refractivity contribution in [2.24, 2.45) is 0 Å². The molecule has 58 heavy (non-hydrogen) atoms. The van der Waals surface area contributed by atoms with Crippen LogP contribution in [0.1, 0.15) is 34.6 Å². The average molecular weight is 738 g/mol. The van der Waals surface area contributed by atoms with E-state index in [-0.39, 0.29) is 5.41 Å². The van der Waals surface area contributed by atoms with Crippen LogP contribution in [0.3, 0.4) is 0 Å². The van der Waals surface area contributed by atoms with Gasteiger partial charge in [0.25, 0.3) is 0 Å². The third-order valence-electron chi connectivity index (χ3n) is 13.1. The van der Waals surface area contributed by atoms with Crippen molar-refractivity contribution in [1.29, 1.82) is 0 Å². The molecule has 1 nitrogen and oxygen atoms in total. The van der Waals surface area contributed by atoms with E-state index in [1.165, 1.54) is 82.8 Å². The number of fused-ring (bicyclic) bond motifs is 13. The molecule has 0 radical (unpaired) electrons. The van der Waals surface area contributed by atoms with Gasteiger partial charge in [-0.05, 0) is 132 Å². The first-order valence-corrected chi connectivity index (χ1v) is 20.4. The quantitative estimate of drug-likeness (QED) is 0.159. The Bertz CT molecular complexity index is 3080. The molecule has 1 spiro atoms. The average Bonchev–Trinajstić information content (AvgIpc) is 3.77. The molecule has 9 aromatic carbocycles. The topological polar surface area (TPSA) is 3.24 Å². The molecule has 3 aliphatic carbocycles. The number of hydrogen-bond donors (Lipinski definition) is 0. The van der Waals surface area contributed by atoms with Crippen molar-refractivity contribution in [3.8, 4) is 33.4 Å². The van der Waals surface area contributed by atoms with Crippen LogP contribution in [-0.4, -0.2) is 0 Å². The lowest BCUT2D eigenvalue weighted by Crippen LogP contribution is -2.27. The van der Waals surface area contributed by atoms with E-state index in [0.717, 1.165) is 23.5 Å². The first-order valence-electron chi connectivity index (χ1n) is 20.4. The van der Waals surface area contributed by atoms with E-state index in [0.29, 0.717) is 5.92 Å². The molecule has 0 fully saturated rings. The number of rotatable bonds is 5. The number of anilines is 3. The van der Waals surface area contributed by atoms with Crippen molar-refractivity contribution < 1.29 is 0 Å².